The predicted molar refractivity (Wildman–Crippen MR) is 74.0 cm³/mol. The van der Waals surface area contributed by atoms with Crippen LogP contribution in [-0.2, 0) is 14.4 Å². The van der Waals surface area contributed by atoms with Crippen molar-refractivity contribution in [3.63, 3.8) is 0 Å². The Morgan fingerprint density at radius 2 is 1.57 bits per heavy atom. The van der Waals surface area contributed by atoms with Crippen LogP contribution in [0.5, 0.6) is 0 Å². The molecule has 0 radical (unpaired) electrons. The third-order valence-corrected chi connectivity index (χ3v) is 5.53. The Morgan fingerprint density at radius 3 is 1.95 bits per heavy atom. The van der Waals surface area contributed by atoms with Gasteiger partial charge in [0.2, 0.25) is 11.8 Å². The molecule has 21 heavy (non-hydrogen) atoms. The lowest BCUT2D eigenvalue weighted by molar-refractivity contribution is -0.152. The third-order valence-electron chi connectivity index (χ3n) is 5.53. The molecule has 0 heterocycles. The zero-order valence-electron chi connectivity index (χ0n) is 12.0. The summed E-state index contributed by atoms with van der Waals surface area (Å²) in [5.74, 6) is -0.264. The minimum Gasteiger partial charge on any atom is -0.480 e. The summed E-state index contributed by atoms with van der Waals surface area (Å²) in [6.07, 6.45) is 5.91. The highest BCUT2D eigenvalue weighted by Gasteiger charge is 2.54. The van der Waals surface area contributed by atoms with Crippen LogP contribution in [0.1, 0.15) is 44.9 Å². The van der Waals surface area contributed by atoms with Gasteiger partial charge in [0.25, 0.3) is 0 Å². The molecule has 6 nitrogen and oxygen atoms in total. The number of hydrogen-bond donors (Lipinski definition) is 3. The second-order valence-corrected chi connectivity index (χ2v) is 7.23. The first-order valence-electron chi connectivity index (χ1n) is 7.70. The molecule has 4 aliphatic carbocycles. The number of primary amides is 1. The summed E-state index contributed by atoms with van der Waals surface area (Å²) < 4.78 is 0. The maximum absolute atomic E-state index is 12.7. The van der Waals surface area contributed by atoms with Gasteiger partial charge in [-0.25, -0.2) is 4.79 Å². The zero-order chi connectivity index (χ0) is 15.2. The molecule has 6 heteroatoms. The van der Waals surface area contributed by atoms with Gasteiger partial charge in [-0.2, -0.15) is 0 Å². The van der Waals surface area contributed by atoms with Gasteiger partial charge in [-0.1, -0.05) is 0 Å². The first-order chi connectivity index (χ1) is 9.88. The van der Waals surface area contributed by atoms with E-state index in [-0.39, 0.29) is 12.3 Å². The second-order valence-electron chi connectivity index (χ2n) is 7.23. The van der Waals surface area contributed by atoms with Crippen LogP contribution in [0.2, 0.25) is 0 Å². The Kier molecular flexibility index (Phi) is 3.42. The number of amides is 2. The van der Waals surface area contributed by atoms with Crippen molar-refractivity contribution < 1.29 is 19.5 Å². The Labute approximate surface area is 123 Å². The summed E-state index contributed by atoms with van der Waals surface area (Å²) in [5.41, 5.74) is 4.66. The van der Waals surface area contributed by atoms with E-state index in [4.69, 9.17) is 10.8 Å². The lowest BCUT2D eigenvalue weighted by Gasteiger charge is -2.55. The van der Waals surface area contributed by atoms with E-state index in [9.17, 15) is 14.4 Å². The van der Waals surface area contributed by atoms with Crippen LogP contribution in [0, 0.1) is 23.2 Å². The van der Waals surface area contributed by atoms with Gasteiger partial charge in [0.1, 0.15) is 6.04 Å². The molecule has 0 aromatic heterocycles. The summed E-state index contributed by atoms with van der Waals surface area (Å²) in [6, 6.07) is -1.21. The van der Waals surface area contributed by atoms with Crippen LogP contribution >= 0.6 is 0 Å². The number of carbonyl (C=O) groups is 3. The van der Waals surface area contributed by atoms with Crippen molar-refractivity contribution in [2.24, 2.45) is 28.9 Å². The summed E-state index contributed by atoms with van der Waals surface area (Å²) in [7, 11) is 0. The van der Waals surface area contributed by atoms with Gasteiger partial charge < -0.3 is 16.2 Å². The molecule has 4 bridgehead atoms. The second kappa shape index (κ2) is 5.00. The molecule has 1 atom stereocenters. The summed E-state index contributed by atoms with van der Waals surface area (Å²) in [6.45, 7) is 0. The molecule has 0 saturated heterocycles. The normalized spacial score (nSPS) is 38.0. The number of aliphatic carboxylic acids is 1. The van der Waals surface area contributed by atoms with Gasteiger partial charge in [0, 0.05) is 5.41 Å². The molecule has 4 saturated carbocycles. The first kappa shape index (κ1) is 14.4. The third kappa shape index (κ3) is 2.63. The molecule has 0 unspecified atom stereocenters. The Bertz CT molecular complexity index is 453. The fourth-order valence-corrected chi connectivity index (χ4v) is 5.10. The number of hydrogen-bond acceptors (Lipinski definition) is 3. The molecule has 4 N–H and O–H groups in total. The average molecular weight is 294 g/mol. The van der Waals surface area contributed by atoms with Gasteiger partial charge >= 0.3 is 5.97 Å². The maximum atomic E-state index is 12.7. The summed E-state index contributed by atoms with van der Waals surface area (Å²) in [4.78, 5) is 34.8. The number of carboxylic acids is 1. The van der Waals surface area contributed by atoms with Gasteiger partial charge in [-0.05, 0) is 56.3 Å². The number of nitrogens with one attached hydrogen (secondary N) is 1. The Morgan fingerprint density at radius 1 is 1.10 bits per heavy atom. The quantitative estimate of drug-likeness (QED) is 0.691. The molecule has 4 aliphatic rings. The van der Waals surface area contributed by atoms with Crippen molar-refractivity contribution in [3.8, 4) is 0 Å². The summed E-state index contributed by atoms with van der Waals surface area (Å²) >= 11 is 0. The molecule has 0 aliphatic heterocycles. The topological polar surface area (TPSA) is 109 Å². The van der Waals surface area contributed by atoms with Crippen molar-refractivity contribution in [1.82, 2.24) is 5.32 Å². The van der Waals surface area contributed by atoms with E-state index in [1.54, 1.807) is 0 Å². The molecule has 2 amide bonds. The number of carbonyl (C=O) groups excluding carboxylic acids is 2. The van der Waals surface area contributed by atoms with Crippen molar-refractivity contribution in [2.45, 2.75) is 51.0 Å². The number of nitrogens with two attached hydrogens (primary N) is 1. The monoisotopic (exact) mass is 294 g/mol. The Hall–Kier alpha value is -1.59. The first-order valence-corrected chi connectivity index (χ1v) is 7.70. The van der Waals surface area contributed by atoms with Gasteiger partial charge in [-0.3, -0.25) is 9.59 Å². The van der Waals surface area contributed by atoms with Crippen LogP contribution in [0.25, 0.3) is 0 Å². The van der Waals surface area contributed by atoms with E-state index >= 15 is 0 Å². The summed E-state index contributed by atoms with van der Waals surface area (Å²) in [5, 5.41) is 11.7. The van der Waals surface area contributed by atoms with E-state index in [2.05, 4.69) is 5.32 Å². The minimum absolute atomic E-state index is 0.185. The van der Waals surface area contributed by atoms with E-state index in [1.807, 2.05) is 0 Å². The van der Waals surface area contributed by atoms with Crippen LogP contribution in [0.4, 0.5) is 0 Å². The highest BCUT2D eigenvalue weighted by molar-refractivity contribution is 5.90. The van der Waals surface area contributed by atoms with Crippen molar-refractivity contribution in [1.29, 1.82) is 0 Å². The number of rotatable bonds is 5. The fraction of sp³-hybridized carbons (Fsp3) is 0.800. The zero-order valence-corrected chi connectivity index (χ0v) is 12.0. The highest BCUT2D eigenvalue weighted by Crippen LogP contribution is 2.60. The lowest BCUT2D eigenvalue weighted by atomic mass is 9.49. The van der Waals surface area contributed by atoms with Crippen LogP contribution in [-0.4, -0.2) is 28.9 Å². The van der Waals surface area contributed by atoms with Crippen molar-refractivity contribution >= 4 is 17.8 Å². The van der Waals surface area contributed by atoms with Gasteiger partial charge in [0.15, 0.2) is 0 Å². The molecular formula is C15H22N2O4. The Balaban J connectivity index is 1.72. The maximum Gasteiger partial charge on any atom is 0.326 e. The van der Waals surface area contributed by atoms with Gasteiger partial charge in [0.05, 0.1) is 6.42 Å². The van der Waals surface area contributed by atoms with Crippen LogP contribution in [0.15, 0.2) is 0 Å². The van der Waals surface area contributed by atoms with Gasteiger partial charge in [-0.15, -0.1) is 0 Å². The molecule has 0 spiro atoms. The van der Waals surface area contributed by atoms with E-state index in [0.717, 1.165) is 19.3 Å². The standard InChI is InChI=1S/C15H22N2O4/c16-12(18)4-11(13(19)20)17-14(21)15-5-8-1-9(6-15)3-10(2-8)7-15/h8-11H,1-7H2,(H2,16,18)(H,17,21)(H,19,20)/t8?,9?,10?,11-,15?/m0/s1. The lowest BCUT2D eigenvalue weighted by Crippen LogP contribution is -2.56. The highest BCUT2D eigenvalue weighted by atomic mass is 16.4. The molecule has 0 aromatic rings. The average Bonchev–Trinajstić information content (AvgIpc) is 2.35. The van der Waals surface area contributed by atoms with Crippen LogP contribution < -0.4 is 11.1 Å². The fourth-order valence-electron chi connectivity index (χ4n) is 5.10. The van der Waals surface area contributed by atoms with E-state index < -0.39 is 23.3 Å². The molecule has 4 fully saturated rings. The molecule has 4 rings (SSSR count). The molecule has 116 valence electrons. The number of carboxylic acid groups (broad SMARTS) is 1. The van der Waals surface area contributed by atoms with Crippen molar-refractivity contribution in [3.05, 3.63) is 0 Å². The molecular weight excluding hydrogens is 272 g/mol. The van der Waals surface area contributed by atoms with Crippen molar-refractivity contribution in [2.75, 3.05) is 0 Å². The smallest absolute Gasteiger partial charge is 0.326 e. The largest absolute Gasteiger partial charge is 0.480 e. The molecule has 0 aromatic carbocycles. The SMILES string of the molecule is NC(=O)C[C@H](NC(=O)C12CC3CC(CC(C3)C1)C2)C(=O)O. The van der Waals surface area contributed by atoms with E-state index in [0.29, 0.717) is 17.8 Å². The van der Waals surface area contributed by atoms with Crippen LogP contribution in [0.3, 0.4) is 0 Å². The minimum atomic E-state index is -1.21. The van der Waals surface area contributed by atoms with E-state index in [1.165, 1.54) is 19.3 Å². The predicted octanol–water partition coefficient (Wildman–Crippen LogP) is 0.648.